The molecule has 5 heteroatoms. The van der Waals surface area contributed by atoms with E-state index in [1.54, 1.807) is 35.0 Å². The van der Waals surface area contributed by atoms with Crippen LogP contribution in [-0.4, -0.2) is 15.4 Å². The van der Waals surface area contributed by atoms with Crippen molar-refractivity contribution in [1.82, 2.24) is 9.61 Å². The van der Waals surface area contributed by atoms with Crippen LogP contribution in [0.5, 0.6) is 0 Å². The van der Waals surface area contributed by atoms with Crippen molar-refractivity contribution in [3.8, 4) is 0 Å². The quantitative estimate of drug-likeness (QED) is 0.645. The molecule has 23 heavy (non-hydrogen) atoms. The first-order valence-electron chi connectivity index (χ1n) is 7.53. The number of benzene rings is 1. The van der Waals surface area contributed by atoms with E-state index in [0.29, 0.717) is 29.8 Å². The van der Waals surface area contributed by atoms with Gasteiger partial charge in [-0.3, -0.25) is 4.79 Å². The second kappa shape index (κ2) is 6.50. The van der Waals surface area contributed by atoms with Crippen molar-refractivity contribution in [2.75, 3.05) is 0 Å². The van der Waals surface area contributed by atoms with Crippen LogP contribution in [0.25, 0.3) is 5.52 Å². The predicted octanol–water partition coefficient (Wildman–Crippen LogP) is 4.50. The molecule has 0 aliphatic carbocycles. The summed E-state index contributed by atoms with van der Waals surface area (Å²) in [6, 6.07) is 9.73. The van der Waals surface area contributed by atoms with Crippen LogP contribution in [0.2, 0.25) is 5.02 Å². The van der Waals surface area contributed by atoms with Gasteiger partial charge in [-0.25, -0.2) is 8.91 Å². The number of hydrogen-bond acceptors (Lipinski definition) is 2. The number of ketones is 1. The summed E-state index contributed by atoms with van der Waals surface area (Å²) < 4.78 is 14.6. The van der Waals surface area contributed by atoms with Crippen LogP contribution in [0.4, 0.5) is 4.39 Å². The van der Waals surface area contributed by atoms with E-state index in [2.05, 4.69) is 5.10 Å². The van der Waals surface area contributed by atoms with Crippen LogP contribution < -0.4 is 0 Å². The highest BCUT2D eigenvalue weighted by atomic mass is 35.5. The van der Waals surface area contributed by atoms with Gasteiger partial charge in [0.05, 0.1) is 16.8 Å². The van der Waals surface area contributed by atoms with Gasteiger partial charge in [0.1, 0.15) is 5.82 Å². The normalized spacial score (nSPS) is 11.1. The van der Waals surface area contributed by atoms with E-state index in [-0.39, 0.29) is 11.6 Å². The third-order valence-corrected chi connectivity index (χ3v) is 4.07. The molecule has 3 nitrogen and oxygen atoms in total. The molecule has 0 atom stereocenters. The molecule has 0 amide bonds. The van der Waals surface area contributed by atoms with Gasteiger partial charge >= 0.3 is 0 Å². The van der Waals surface area contributed by atoms with Crippen molar-refractivity contribution in [3.63, 3.8) is 0 Å². The lowest BCUT2D eigenvalue weighted by molar-refractivity contribution is 0.0983. The molecule has 0 aliphatic heterocycles. The largest absolute Gasteiger partial charge is 0.294 e. The van der Waals surface area contributed by atoms with E-state index in [4.69, 9.17) is 11.6 Å². The number of rotatable bonds is 5. The van der Waals surface area contributed by atoms with Crippen LogP contribution in [0.1, 0.15) is 35.0 Å². The fourth-order valence-electron chi connectivity index (χ4n) is 2.65. The van der Waals surface area contributed by atoms with Crippen LogP contribution in [0, 0.1) is 5.82 Å². The van der Waals surface area contributed by atoms with Gasteiger partial charge in [0.2, 0.25) is 0 Å². The van der Waals surface area contributed by atoms with Gasteiger partial charge in [-0.1, -0.05) is 30.7 Å². The Morgan fingerprint density at radius 3 is 2.70 bits per heavy atom. The van der Waals surface area contributed by atoms with Gasteiger partial charge < -0.3 is 0 Å². The third kappa shape index (κ3) is 3.27. The Morgan fingerprint density at radius 1 is 1.26 bits per heavy atom. The highest BCUT2D eigenvalue weighted by Crippen LogP contribution is 2.22. The lowest BCUT2D eigenvalue weighted by Gasteiger charge is -2.03. The fourth-order valence-corrected chi connectivity index (χ4v) is 2.81. The number of hydrogen-bond donors (Lipinski definition) is 0. The van der Waals surface area contributed by atoms with Crippen molar-refractivity contribution < 1.29 is 9.18 Å². The van der Waals surface area contributed by atoms with Crippen LogP contribution in [0.3, 0.4) is 0 Å². The molecule has 0 fully saturated rings. The zero-order valence-electron chi connectivity index (χ0n) is 12.7. The summed E-state index contributed by atoms with van der Waals surface area (Å²) in [5.41, 5.74) is 3.08. The Morgan fingerprint density at radius 2 is 2.00 bits per heavy atom. The number of Topliss-reactive ketones (excluding diaryl/α,β-unsaturated/α-hetero) is 1. The number of aryl methyl sites for hydroxylation is 2. The Hall–Kier alpha value is -2.20. The summed E-state index contributed by atoms with van der Waals surface area (Å²) in [7, 11) is 0. The molecular weight excluding hydrogens is 315 g/mol. The topological polar surface area (TPSA) is 34.4 Å². The summed E-state index contributed by atoms with van der Waals surface area (Å²) in [5.74, 6) is -0.242. The number of pyridine rings is 1. The zero-order chi connectivity index (χ0) is 16.4. The van der Waals surface area contributed by atoms with E-state index in [1.165, 1.54) is 12.1 Å². The lowest BCUT2D eigenvalue weighted by Crippen LogP contribution is -2.04. The van der Waals surface area contributed by atoms with E-state index < -0.39 is 0 Å². The van der Waals surface area contributed by atoms with Crippen molar-refractivity contribution in [2.24, 2.45) is 0 Å². The number of carbonyl (C=O) groups is 1. The van der Waals surface area contributed by atoms with Gasteiger partial charge in [-0.15, -0.1) is 0 Å². The SMILES string of the molecule is CCc1nn2ccc(Cl)cc2c1C(=O)CCc1ccc(F)cc1. The predicted molar refractivity (Wildman–Crippen MR) is 88.6 cm³/mol. The molecule has 2 heterocycles. The fraction of sp³-hybridized carbons (Fsp3) is 0.222. The van der Waals surface area contributed by atoms with E-state index >= 15 is 0 Å². The number of aromatic nitrogens is 2. The molecule has 2 aromatic heterocycles. The van der Waals surface area contributed by atoms with Crippen molar-refractivity contribution >= 4 is 22.9 Å². The monoisotopic (exact) mass is 330 g/mol. The molecule has 0 spiro atoms. The van der Waals surface area contributed by atoms with E-state index in [1.807, 2.05) is 6.92 Å². The number of fused-ring (bicyclic) bond motifs is 1. The first-order valence-corrected chi connectivity index (χ1v) is 7.90. The molecule has 0 bridgehead atoms. The Balaban J connectivity index is 1.87. The lowest BCUT2D eigenvalue weighted by atomic mass is 10.0. The number of nitrogens with zero attached hydrogens (tertiary/aromatic N) is 2. The average molecular weight is 331 g/mol. The summed E-state index contributed by atoms with van der Waals surface area (Å²) in [6.07, 6.45) is 3.36. The van der Waals surface area contributed by atoms with Gasteiger partial charge in [0.15, 0.2) is 5.78 Å². The highest BCUT2D eigenvalue weighted by molar-refractivity contribution is 6.31. The summed E-state index contributed by atoms with van der Waals surface area (Å²) in [6.45, 7) is 1.97. The minimum Gasteiger partial charge on any atom is -0.294 e. The molecule has 0 radical (unpaired) electrons. The molecule has 0 saturated carbocycles. The standard InChI is InChI=1S/C18H16ClFN2O/c1-2-15-18(16-11-13(19)9-10-22(16)21-15)17(23)8-5-12-3-6-14(20)7-4-12/h3-4,6-7,9-11H,2,5,8H2,1H3. The summed E-state index contributed by atoms with van der Waals surface area (Å²) >= 11 is 6.05. The van der Waals surface area contributed by atoms with E-state index in [9.17, 15) is 9.18 Å². The smallest absolute Gasteiger partial charge is 0.167 e. The minimum atomic E-state index is -0.273. The first kappa shape index (κ1) is 15.7. The van der Waals surface area contributed by atoms with Crippen LogP contribution >= 0.6 is 11.6 Å². The summed E-state index contributed by atoms with van der Waals surface area (Å²) in [5, 5.41) is 5.02. The third-order valence-electron chi connectivity index (χ3n) is 3.84. The maximum atomic E-state index is 12.9. The molecule has 0 unspecified atom stereocenters. The van der Waals surface area contributed by atoms with E-state index in [0.717, 1.165) is 16.8 Å². The van der Waals surface area contributed by atoms with Gasteiger partial charge in [-0.2, -0.15) is 5.10 Å². The number of carbonyl (C=O) groups excluding carboxylic acids is 1. The number of halogens is 2. The Bertz CT molecular complexity index is 855. The molecule has 0 N–H and O–H groups in total. The highest BCUT2D eigenvalue weighted by Gasteiger charge is 2.18. The maximum absolute atomic E-state index is 12.9. The molecule has 118 valence electrons. The van der Waals surface area contributed by atoms with Crippen molar-refractivity contribution in [1.29, 1.82) is 0 Å². The van der Waals surface area contributed by atoms with Crippen molar-refractivity contribution in [2.45, 2.75) is 26.2 Å². The second-order valence-corrected chi connectivity index (χ2v) is 5.84. The van der Waals surface area contributed by atoms with Gasteiger partial charge in [-0.05, 0) is 42.7 Å². The van der Waals surface area contributed by atoms with Gasteiger partial charge in [0.25, 0.3) is 0 Å². The van der Waals surface area contributed by atoms with Crippen LogP contribution in [0.15, 0.2) is 42.6 Å². The average Bonchev–Trinajstić information content (AvgIpc) is 2.91. The van der Waals surface area contributed by atoms with Gasteiger partial charge in [0, 0.05) is 17.6 Å². The molecule has 3 rings (SSSR count). The Kier molecular flexibility index (Phi) is 4.44. The molecule has 0 aliphatic rings. The van der Waals surface area contributed by atoms with Crippen molar-refractivity contribution in [3.05, 3.63) is 70.3 Å². The maximum Gasteiger partial charge on any atom is 0.167 e. The molecular formula is C18H16ClFN2O. The Labute approximate surface area is 138 Å². The second-order valence-electron chi connectivity index (χ2n) is 5.40. The summed E-state index contributed by atoms with van der Waals surface area (Å²) in [4.78, 5) is 12.7. The molecule has 0 saturated heterocycles. The van der Waals surface area contributed by atoms with Crippen LogP contribution in [-0.2, 0) is 12.8 Å². The minimum absolute atomic E-state index is 0.0310. The zero-order valence-corrected chi connectivity index (χ0v) is 13.5. The molecule has 1 aromatic carbocycles. The first-order chi connectivity index (χ1) is 11.1. The molecule has 3 aromatic rings.